The minimum absolute atomic E-state index is 0.0113. The van der Waals surface area contributed by atoms with Gasteiger partial charge in [0.1, 0.15) is 11.9 Å². The Balaban J connectivity index is 1.40. The topological polar surface area (TPSA) is 74.6 Å². The number of benzene rings is 2. The number of fused-ring (bicyclic) bond motifs is 1. The maximum absolute atomic E-state index is 12.9. The number of nitrogens with one attached hydrogen (secondary N) is 2. The van der Waals surface area contributed by atoms with Crippen molar-refractivity contribution in [3.05, 3.63) is 82.3 Å². The number of carbonyl (C=O) groups is 2. The average molecular weight is 415 g/mol. The Kier molecular flexibility index (Phi) is 4.77. The average Bonchev–Trinajstić information content (AvgIpc) is 3.51. The summed E-state index contributed by atoms with van der Waals surface area (Å²) >= 11 is 0. The highest BCUT2D eigenvalue weighted by atomic mass is 16.4. The third-order valence-corrected chi connectivity index (χ3v) is 6.17. The van der Waals surface area contributed by atoms with E-state index in [0.717, 1.165) is 54.2 Å². The van der Waals surface area contributed by atoms with Gasteiger partial charge >= 0.3 is 0 Å². The quantitative estimate of drug-likeness (QED) is 0.593. The molecule has 6 heteroatoms. The van der Waals surface area contributed by atoms with Crippen molar-refractivity contribution in [2.45, 2.75) is 32.9 Å². The van der Waals surface area contributed by atoms with E-state index in [1.54, 1.807) is 0 Å². The van der Waals surface area contributed by atoms with Crippen LogP contribution >= 0.6 is 0 Å². The van der Waals surface area contributed by atoms with Crippen LogP contribution in [0.15, 0.2) is 52.9 Å². The molecular formula is C25H25N3O3. The van der Waals surface area contributed by atoms with Crippen molar-refractivity contribution in [3.8, 4) is 0 Å². The molecule has 1 unspecified atom stereocenters. The summed E-state index contributed by atoms with van der Waals surface area (Å²) in [5.41, 5.74) is 4.87. The summed E-state index contributed by atoms with van der Waals surface area (Å²) in [4.78, 5) is 27.5. The second-order valence-corrected chi connectivity index (χ2v) is 8.20. The molecule has 0 bridgehead atoms. The minimum Gasteiger partial charge on any atom is -0.455 e. The Morgan fingerprint density at radius 3 is 2.39 bits per heavy atom. The van der Waals surface area contributed by atoms with Gasteiger partial charge in [-0.05, 0) is 44.9 Å². The summed E-state index contributed by atoms with van der Waals surface area (Å²) in [7, 11) is 0. The number of furan rings is 1. The van der Waals surface area contributed by atoms with Crippen molar-refractivity contribution in [3.63, 3.8) is 0 Å². The van der Waals surface area contributed by atoms with Gasteiger partial charge in [0.25, 0.3) is 5.91 Å². The fourth-order valence-corrected chi connectivity index (χ4v) is 4.54. The van der Waals surface area contributed by atoms with Crippen LogP contribution in [0.4, 0.5) is 11.4 Å². The predicted octanol–water partition coefficient (Wildman–Crippen LogP) is 4.90. The molecule has 1 atom stereocenters. The van der Waals surface area contributed by atoms with Crippen molar-refractivity contribution in [2.24, 2.45) is 0 Å². The summed E-state index contributed by atoms with van der Waals surface area (Å²) in [6.07, 6.45) is 1.87. The number of anilines is 2. The molecule has 5 rings (SSSR count). The van der Waals surface area contributed by atoms with Crippen molar-refractivity contribution < 1.29 is 14.0 Å². The number of ketones is 1. The van der Waals surface area contributed by atoms with E-state index in [1.807, 2.05) is 67.3 Å². The lowest BCUT2D eigenvalue weighted by molar-refractivity contribution is 0.0758. The van der Waals surface area contributed by atoms with Gasteiger partial charge in [0, 0.05) is 35.3 Å². The number of likely N-dealkylation sites (tertiary alicyclic amines) is 1. The Labute approximate surface area is 181 Å². The second-order valence-electron chi connectivity index (χ2n) is 8.20. The molecule has 2 N–H and O–H groups in total. The first kappa shape index (κ1) is 19.4. The minimum atomic E-state index is -0.221. The Morgan fingerprint density at radius 1 is 0.935 bits per heavy atom. The number of nitrogens with zero attached hydrogens (tertiary/aromatic N) is 1. The van der Waals surface area contributed by atoms with E-state index in [4.69, 9.17) is 4.42 Å². The monoisotopic (exact) mass is 415 g/mol. The van der Waals surface area contributed by atoms with Gasteiger partial charge < -0.3 is 20.0 Å². The Bertz CT molecular complexity index is 1160. The number of rotatable bonds is 4. The Morgan fingerprint density at radius 2 is 1.65 bits per heavy atom. The lowest BCUT2D eigenvalue weighted by Gasteiger charge is -2.15. The van der Waals surface area contributed by atoms with Gasteiger partial charge in [0.2, 0.25) is 0 Å². The molecule has 1 saturated heterocycles. The fourth-order valence-electron chi connectivity index (χ4n) is 4.54. The van der Waals surface area contributed by atoms with Crippen LogP contribution in [0.5, 0.6) is 0 Å². The van der Waals surface area contributed by atoms with E-state index in [1.165, 1.54) is 0 Å². The standard InChI is InChI=1S/C25H25N3O3/c1-15-21(16(2)31-23(15)25(30)28-12-6-7-13-28)24-26-19-11-10-18(14-20(19)27-24)22(29)17-8-4-3-5-9-17/h3-5,8-11,14,24,26-27H,6-7,12-13H2,1-2H3. The first-order valence-electron chi connectivity index (χ1n) is 10.7. The van der Waals surface area contributed by atoms with E-state index in [-0.39, 0.29) is 17.9 Å². The maximum atomic E-state index is 12.9. The Hall–Kier alpha value is -3.54. The van der Waals surface area contributed by atoms with Gasteiger partial charge in [-0.15, -0.1) is 0 Å². The summed E-state index contributed by atoms with van der Waals surface area (Å²) < 4.78 is 5.93. The number of carbonyl (C=O) groups excluding carboxylic acids is 2. The van der Waals surface area contributed by atoms with Crippen LogP contribution < -0.4 is 10.6 Å². The summed E-state index contributed by atoms with van der Waals surface area (Å²) in [5.74, 6) is 1.10. The van der Waals surface area contributed by atoms with Crippen LogP contribution in [-0.2, 0) is 0 Å². The smallest absolute Gasteiger partial charge is 0.289 e. The predicted molar refractivity (Wildman–Crippen MR) is 120 cm³/mol. The largest absolute Gasteiger partial charge is 0.455 e. The van der Waals surface area contributed by atoms with E-state index < -0.39 is 0 Å². The van der Waals surface area contributed by atoms with Crippen LogP contribution in [0.3, 0.4) is 0 Å². The van der Waals surface area contributed by atoms with Crippen LogP contribution in [0.25, 0.3) is 0 Å². The number of hydrogen-bond donors (Lipinski definition) is 2. The highest BCUT2D eigenvalue weighted by Crippen LogP contribution is 2.39. The molecule has 0 radical (unpaired) electrons. The molecule has 6 nitrogen and oxygen atoms in total. The molecular weight excluding hydrogens is 390 g/mol. The lowest BCUT2D eigenvalue weighted by Crippen LogP contribution is -2.27. The molecule has 3 aromatic rings. The van der Waals surface area contributed by atoms with Gasteiger partial charge in [-0.2, -0.15) is 0 Å². The van der Waals surface area contributed by atoms with Crippen LogP contribution in [0, 0.1) is 13.8 Å². The van der Waals surface area contributed by atoms with E-state index in [9.17, 15) is 9.59 Å². The van der Waals surface area contributed by atoms with Gasteiger partial charge in [0.05, 0.1) is 11.4 Å². The second kappa shape index (κ2) is 7.61. The SMILES string of the molecule is Cc1oc(C(=O)N2CCCC2)c(C)c1C1Nc2ccc(C(=O)c3ccccc3)cc2N1. The van der Waals surface area contributed by atoms with Gasteiger partial charge in [0.15, 0.2) is 11.5 Å². The molecule has 0 aliphatic carbocycles. The van der Waals surface area contributed by atoms with E-state index in [2.05, 4.69) is 10.6 Å². The number of amides is 1. The van der Waals surface area contributed by atoms with Crippen molar-refractivity contribution in [1.82, 2.24) is 4.90 Å². The molecule has 0 spiro atoms. The lowest BCUT2D eigenvalue weighted by atomic mass is 10.0. The van der Waals surface area contributed by atoms with Crippen LogP contribution in [0.1, 0.15) is 62.4 Å². The van der Waals surface area contributed by atoms with Gasteiger partial charge in [-0.1, -0.05) is 30.3 Å². The summed E-state index contributed by atoms with van der Waals surface area (Å²) in [6.45, 7) is 5.40. The maximum Gasteiger partial charge on any atom is 0.289 e. The zero-order chi connectivity index (χ0) is 21.5. The molecule has 31 heavy (non-hydrogen) atoms. The fraction of sp³-hybridized carbons (Fsp3) is 0.280. The van der Waals surface area contributed by atoms with E-state index >= 15 is 0 Å². The normalized spacial score (nSPS) is 17.2. The zero-order valence-corrected chi connectivity index (χ0v) is 17.7. The van der Waals surface area contributed by atoms with Crippen molar-refractivity contribution in [1.29, 1.82) is 0 Å². The molecule has 1 aromatic heterocycles. The van der Waals surface area contributed by atoms with Crippen LogP contribution in [0.2, 0.25) is 0 Å². The first-order chi connectivity index (χ1) is 15.0. The molecule has 1 amide bonds. The first-order valence-corrected chi connectivity index (χ1v) is 10.7. The molecule has 1 fully saturated rings. The molecule has 2 aromatic carbocycles. The number of hydrogen-bond acceptors (Lipinski definition) is 5. The zero-order valence-electron chi connectivity index (χ0n) is 17.7. The van der Waals surface area contributed by atoms with Gasteiger partial charge in [-0.25, -0.2) is 0 Å². The molecule has 2 aliphatic heterocycles. The molecule has 2 aliphatic rings. The molecule has 158 valence electrons. The summed E-state index contributed by atoms with van der Waals surface area (Å²) in [5, 5.41) is 6.91. The number of aryl methyl sites for hydroxylation is 1. The van der Waals surface area contributed by atoms with Crippen LogP contribution in [-0.4, -0.2) is 29.7 Å². The van der Waals surface area contributed by atoms with Crippen molar-refractivity contribution in [2.75, 3.05) is 23.7 Å². The molecule has 0 saturated carbocycles. The third-order valence-electron chi connectivity index (χ3n) is 6.17. The summed E-state index contributed by atoms with van der Waals surface area (Å²) in [6, 6.07) is 14.9. The van der Waals surface area contributed by atoms with Crippen molar-refractivity contribution >= 4 is 23.1 Å². The third kappa shape index (κ3) is 3.38. The van der Waals surface area contributed by atoms with Gasteiger partial charge in [-0.3, -0.25) is 9.59 Å². The van der Waals surface area contributed by atoms with E-state index in [0.29, 0.717) is 16.9 Å². The molecule has 3 heterocycles. The highest BCUT2D eigenvalue weighted by Gasteiger charge is 2.32. The highest BCUT2D eigenvalue weighted by molar-refractivity contribution is 6.10.